The molecule has 1 saturated heterocycles. The molecule has 1 aliphatic rings. The fourth-order valence-electron chi connectivity index (χ4n) is 2.57. The summed E-state index contributed by atoms with van der Waals surface area (Å²) in [6.45, 7) is 13.9. The van der Waals surface area contributed by atoms with E-state index in [-0.39, 0.29) is 18.4 Å². The standard InChI is InChI=1S/C17H33N3O3/c1-13(2)10-14(20-6-8-23-9-7-20)11-18-15(21)12-19-16(22)17(3,4)5/h13-14H,6-12H2,1-5H3,(H,18,21)(H,19,22). The first-order chi connectivity index (χ1) is 10.7. The SMILES string of the molecule is CC(C)CC(CNC(=O)CNC(=O)C(C)(C)C)N1CCOCC1. The summed E-state index contributed by atoms with van der Waals surface area (Å²) in [5.74, 6) is 0.324. The Morgan fingerprint density at radius 3 is 2.26 bits per heavy atom. The van der Waals surface area contributed by atoms with Gasteiger partial charge in [0.05, 0.1) is 19.8 Å². The lowest BCUT2D eigenvalue weighted by molar-refractivity contribution is -0.131. The quantitative estimate of drug-likeness (QED) is 0.732. The monoisotopic (exact) mass is 327 g/mol. The van der Waals surface area contributed by atoms with Crippen LogP contribution in [-0.2, 0) is 14.3 Å². The minimum Gasteiger partial charge on any atom is -0.379 e. The number of nitrogens with one attached hydrogen (secondary N) is 2. The molecule has 1 aliphatic heterocycles. The lowest BCUT2D eigenvalue weighted by Crippen LogP contribution is -2.50. The van der Waals surface area contributed by atoms with Crippen molar-refractivity contribution < 1.29 is 14.3 Å². The van der Waals surface area contributed by atoms with Crippen LogP contribution < -0.4 is 10.6 Å². The molecule has 1 rings (SSSR count). The molecule has 134 valence electrons. The van der Waals surface area contributed by atoms with Crippen molar-refractivity contribution in [3.63, 3.8) is 0 Å². The number of carbonyl (C=O) groups excluding carboxylic acids is 2. The summed E-state index contributed by atoms with van der Waals surface area (Å²) in [7, 11) is 0. The average molecular weight is 327 g/mol. The highest BCUT2D eigenvalue weighted by Crippen LogP contribution is 2.13. The summed E-state index contributed by atoms with van der Waals surface area (Å²) in [6, 6.07) is 0.321. The van der Waals surface area contributed by atoms with Gasteiger partial charge in [0.15, 0.2) is 0 Å². The van der Waals surface area contributed by atoms with Crippen molar-refractivity contribution in [3.8, 4) is 0 Å². The minimum absolute atomic E-state index is 0.0353. The van der Waals surface area contributed by atoms with Gasteiger partial charge in [-0.3, -0.25) is 14.5 Å². The van der Waals surface area contributed by atoms with Crippen molar-refractivity contribution in [1.82, 2.24) is 15.5 Å². The van der Waals surface area contributed by atoms with Crippen LogP contribution in [0.25, 0.3) is 0 Å². The van der Waals surface area contributed by atoms with E-state index in [1.54, 1.807) is 0 Å². The first-order valence-corrected chi connectivity index (χ1v) is 8.57. The van der Waals surface area contributed by atoms with E-state index in [1.807, 2.05) is 20.8 Å². The zero-order valence-electron chi connectivity index (χ0n) is 15.3. The van der Waals surface area contributed by atoms with E-state index in [2.05, 4.69) is 29.4 Å². The van der Waals surface area contributed by atoms with Crippen LogP contribution in [0.1, 0.15) is 41.0 Å². The van der Waals surface area contributed by atoms with Crippen LogP contribution in [0.2, 0.25) is 0 Å². The zero-order chi connectivity index (χ0) is 17.5. The number of hydrogen-bond donors (Lipinski definition) is 2. The minimum atomic E-state index is -0.478. The summed E-state index contributed by atoms with van der Waals surface area (Å²) in [4.78, 5) is 26.2. The third-order valence-electron chi connectivity index (χ3n) is 3.93. The molecule has 0 radical (unpaired) electrons. The van der Waals surface area contributed by atoms with Crippen LogP contribution in [0.5, 0.6) is 0 Å². The number of carbonyl (C=O) groups is 2. The highest BCUT2D eigenvalue weighted by atomic mass is 16.5. The number of ether oxygens (including phenoxy) is 1. The van der Waals surface area contributed by atoms with Gasteiger partial charge in [0.25, 0.3) is 0 Å². The molecule has 1 heterocycles. The fraction of sp³-hybridized carbons (Fsp3) is 0.882. The van der Waals surface area contributed by atoms with E-state index in [4.69, 9.17) is 4.74 Å². The lowest BCUT2D eigenvalue weighted by atomic mass is 9.96. The average Bonchev–Trinajstić information content (AvgIpc) is 2.48. The second kappa shape index (κ2) is 9.23. The largest absolute Gasteiger partial charge is 0.379 e. The lowest BCUT2D eigenvalue weighted by Gasteiger charge is -2.35. The van der Waals surface area contributed by atoms with Gasteiger partial charge in [-0.2, -0.15) is 0 Å². The molecule has 0 aromatic rings. The molecule has 0 aromatic heterocycles. The van der Waals surface area contributed by atoms with E-state index >= 15 is 0 Å². The Hall–Kier alpha value is -1.14. The van der Waals surface area contributed by atoms with Crippen molar-refractivity contribution in [2.75, 3.05) is 39.4 Å². The van der Waals surface area contributed by atoms with Gasteiger partial charge >= 0.3 is 0 Å². The Bertz CT molecular complexity index is 385. The van der Waals surface area contributed by atoms with Gasteiger partial charge < -0.3 is 15.4 Å². The Kier molecular flexibility index (Phi) is 7.99. The van der Waals surface area contributed by atoms with Crippen molar-refractivity contribution in [2.24, 2.45) is 11.3 Å². The molecule has 2 amide bonds. The fourth-order valence-corrected chi connectivity index (χ4v) is 2.57. The van der Waals surface area contributed by atoms with Crippen molar-refractivity contribution >= 4 is 11.8 Å². The number of amides is 2. The Morgan fingerprint density at radius 1 is 1.13 bits per heavy atom. The summed E-state index contributed by atoms with van der Waals surface area (Å²) in [5.41, 5.74) is -0.478. The molecule has 0 saturated carbocycles. The van der Waals surface area contributed by atoms with Gasteiger partial charge in [-0.25, -0.2) is 0 Å². The second-order valence-electron chi connectivity index (χ2n) is 7.67. The molecule has 6 heteroatoms. The molecule has 23 heavy (non-hydrogen) atoms. The Labute approximate surface area is 140 Å². The molecule has 0 bridgehead atoms. The van der Waals surface area contributed by atoms with E-state index in [0.717, 1.165) is 32.7 Å². The van der Waals surface area contributed by atoms with Crippen molar-refractivity contribution in [1.29, 1.82) is 0 Å². The Morgan fingerprint density at radius 2 is 1.74 bits per heavy atom. The highest BCUT2D eigenvalue weighted by molar-refractivity contribution is 5.87. The molecule has 1 atom stereocenters. The van der Waals surface area contributed by atoms with Crippen LogP contribution >= 0.6 is 0 Å². The molecule has 1 unspecified atom stereocenters. The molecular formula is C17H33N3O3. The Balaban J connectivity index is 2.40. The molecule has 2 N–H and O–H groups in total. The molecule has 1 fully saturated rings. The first kappa shape index (κ1) is 19.9. The third-order valence-corrected chi connectivity index (χ3v) is 3.93. The highest BCUT2D eigenvalue weighted by Gasteiger charge is 2.24. The smallest absolute Gasteiger partial charge is 0.239 e. The van der Waals surface area contributed by atoms with E-state index < -0.39 is 5.41 Å². The van der Waals surface area contributed by atoms with Crippen LogP contribution in [0, 0.1) is 11.3 Å². The van der Waals surface area contributed by atoms with Gasteiger partial charge in [0.2, 0.25) is 11.8 Å². The van der Waals surface area contributed by atoms with Crippen LogP contribution in [0.15, 0.2) is 0 Å². The molecule has 0 aromatic carbocycles. The maximum Gasteiger partial charge on any atom is 0.239 e. The zero-order valence-corrected chi connectivity index (χ0v) is 15.3. The molecule has 6 nitrogen and oxygen atoms in total. The summed E-state index contributed by atoms with van der Waals surface area (Å²) < 4.78 is 5.40. The molecule has 0 spiro atoms. The predicted octanol–water partition coefficient (Wildman–Crippen LogP) is 1.01. The topological polar surface area (TPSA) is 70.7 Å². The third kappa shape index (κ3) is 7.79. The summed E-state index contributed by atoms with van der Waals surface area (Å²) >= 11 is 0. The van der Waals surface area contributed by atoms with Crippen molar-refractivity contribution in [3.05, 3.63) is 0 Å². The number of hydrogen-bond acceptors (Lipinski definition) is 4. The van der Waals surface area contributed by atoms with Crippen LogP contribution in [-0.4, -0.2) is 62.1 Å². The van der Waals surface area contributed by atoms with Crippen molar-refractivity contribution in [2.45, 2.75) is 47.1 Å². The normalized spacial score (nSPS) is 17.8. The van der Waals surface area contributed by atoms with Gasteiger partial charge in [-0.1, -0.05) is 34.6 Å². The number of nitrogens with zero attached hydrogens (tertiary/aromatic N) is 1. The summed E-state index contributed by atoms with van der Waals surface area (Å²) in [6.07, 6.45) is 1.04. The van der Waals surface area contributed by atoms with E-state index in [9.17, 15) is 9.59 Å². The maximum absolute atomic E-state index is 12.0. The second-order valence-corrected chi connectivity index (χ2v) is 7.67. The first-order valence-electron chi connectivity index (χ1n) is 8.57. The van der Waals surface area contributed by atoms with Gasteiger partial charge in [-0.15, -0.1) is 0 Å². The molecular weight excluding hydrogens is 294 g/mol. The van der Waals surface area contributed by atoms with Crippen LogP contribution in [0.3, 0.4) is 0 Å². The van der Waals surface area contributed by atoms with E-state index in [0.29, 0.717) is 18.5 Å². The van der Waals surface area contributed by atoms with Gasteiger partial charge in [0, 0.05) is 31.1 Å². The van der Waals surface area contributed by atoms with Crippen LogP contribution in [0.4, 0.5) is 0 Å². The molecule has 0 aliphatic carbocycles. The summed E-state index contributed by atoms with van der Waals surface area (Å²) in [5, 5.41) is 5.64. The van der Waals surface area contributed by atoms with Gasteiger partial charge in [-0.05, 0) is 12.3 Å². The maximum atomic E-state index is 12.0. The number of rotatable bonds is 7. The number of morpholine rings is 1. The predicted molar refractivity (Wildman–Crippen MR) is 91.1 cm³/mol. The van der Waals surface area contributed by atoms with E-state index in [1.165, 1.54) is 0 Å². The van der Waals surface area contributed by atoms with Gasteiger partial charge in [0.1, 0.15) is 0 Å².